The van der Waals surface area contributed by atoms with Crippen LogP contribution in [0, 0.1) is 0 Å². The second-order valence-electron chi connectivity index (χ2n) is 6.53. The number of hydrogen-bond donors (Lipinski definition) is 8. The average Bonchev–Trinajstić information content (AvgIpc) is 3.19. The summed E-state index contributed by atoms with van der Waals surface area (Å²) in [5.41, 5.74) is 3.66. The van der Waals surface area contributed by atoms with Gasteiger partial charge in [-0.2, -0.15) is 18.6 Å². The standard InChI is InChI=1S/C11H19N6O13P3/c1-13-8-6-9(16-10(12)15-8)17(4-14-6)11(19)3-27-5(7(11)18)2-28-32(23,24)30-33(25,26)29-31(20,21)22/h4-5,7,18-19H,2-3H2,1H3,(H,23,24)(H,25,26)(H2,20,21,22)(H3,12,13,15,16). The Balaban J connectivity index is 1.75. The number of anilines is 2. The van der Waals surface area contributed by atoms with E-state index in [0.717, 1.165) is 10.9 Å². The van der Waals surface area contributed by atoms with Crippen molar-refractivity contribution in [1.29, 1.82) is 0 Å². The van der Waals surface area contributed by atoms with Crippen molar-refractivity contribution in [3.05, 3.63) is 6.33 Å². The molecule has 186 valence electrons. The van der Waals surface area contributed by atoms with Gasteiger partial charge in [0.1, 0.15) is 12.2 Å². The van der Waals surface area contributed by atoms with E-state index in [1.54, 1.807) is 7.05 Å². The molecule has 5 atom stereocenters. The fraction of sp³-hybridized carbons (Fsp3) is 0.545. The van der Waals surface area contributed by atoms with Crippen molar-refractivity contribution in [1.82, 2.24) is 19.5 Å². The highest BCUT2D eigenvalue weighted by Gasteiger charge is 2.51. The number of phosphoric acid groups is 3. The maximum absolute atomic E-state index is 11.8. The Labute approximate surface area is 183 Å². The van der Waals surface area contributed by atoms with Crippen molar-refractivity contribution in [3.63, 3.8) is 0 Å². The lowest BCUT2D eigenvalue weighted by Crippen LogP contribution is -2.47. The van der Waals surface area contributed by atoms with Gasteiger partial charge in [0.2, 0.25) is 5.95 Å². The van der Waals surface area contributed by atoms with Crippen molar-refractivity contribution in [2.24, 2.45) is 0 Å². The molecule has 22 heteroatoms. The molecule has 1 saturated heterocycles. The Morgan fingerprint density at radius 1 is 1.24 bits per heavy atom. The molecule has 0 saturated carbocycles. The largest absolute Gasteiger partial charge is 0.490 e. The van der Waals surface area contributed by atoms with Crippen molar-refractivity contribution < 1.29 is 61.4 Å². The van der Waals surface area contributed by atoms with Crippen LogP contribution in [0.25, 0.3) is 11.2 Å². The van der Waals surface area contributed by atoms with E-state index in [1.165, 1.54) is 0 Å². The zero-order chi connectivity index (χ0) is 24.8. The quantitative estimate of drug-likeness (QED) is 0.164. The maximum Gasteiger partial charge on any atom is 0.490 e. The van der Waals surface area contributed by atoms with E-state index in [1.807, 2.05) is 0 Å². The monoisotopic (exact) mass is 536 g/mol. The molecule has 0 aliphatic carbocycles. The molecule has 1 fully saturated rings. The molecule has 0 spiro atoms. The third kappa shape index (κ3) is 5.75. The van der Waals surface area contributed by atoms with Crippen LogP contribution in [0.3, 0.4) is 0 Å². The summed E-state index contributed by atoms with van der Waals surface area (Å²) in [5, 5.41) is 24.3. The SMILES string of the molecule is CNc1nc(N)nc2c1ncn2C1(O)COC(COP(=O)(O)OP(=O)(O)OP(=O)(O)O)C1O. The second-order valence-corrected chi connectivity index (χ2v) is 10.9. The van der Waals surface area contributed by atoms with E-state index in [-0.39, 0.29) is 22.9 Å². The molecule has 2 aromatic heterocycles. The van der Waals surface area contributed by atoms with Gasteiger partial charge in [0.15, 0.2) is 22.7 Å². The average molecular weight is 536 g/mol. The molecule has 3 heterocycles. The van der Waals surface area contributed by atoms with Gasteiger partial charge in [0.25, 0.3) is 0 Å². The van der Waals surface area contributed by atoms with Gasteiger partial charge in [-0.05, 0) is 0 Å². The molecule has 0 amide bonds. The molecule has 9 N–H and O–H groups in total. The molecule has 0 radical (unpaired) electrons. The number of nitrogens with two attached hydrogens (primary N) is 1. The third-order valence-corrected chi connectivity index (χ3v) is 8.02. The third-order valence-electron chi connectivity index (χ3n) is 4.22. The number of nitrogens with zero attached hydrogens (tertiary/aromatic N) is 4. The lowest BCUT2D eigenvalue weighted by atomic mass is 10.1. The predicted molar refractivity (Wildman–Crippen MR) is 105 cm³/mol. The molecule has 2 aromatic rings. The second kappa shape index (κ2) is 8.90. The molecular formula is C11H19N6O13P3. The lowest BCUT2D eigenvalue weighted by Gasteiger charge is -2.28. The lowest BCUT2D eigenvalue weighted by molar-refractivity contribution is -0.109. The van der Waals surface area contributed by atoms with Crippen LogP contribution < -0.4 is 11.1 Å². The number of phosphoric ester groups is 1. The van der Waals surface area contributed by atoms with E-state index >= 15 is 0 Å². The first-order chi connectivity index (χ1) is 15.1. The summed E-state index contributed by atoms with van der Waals surface area (Å²) in [5.74, 6) is 0.0623. The predicted octanol–water partition coefficient (Wildman–Crippen LogP) is -1.80. The van der Waals surface area contributed by atoms with E-state index in [2.05, 4.69) is 33.4 Å². The minimum absolute atomic E-state index is 0.0190. The van der Waals surface area contributed by atoms with Gasteiger partial charge in [-0.25, -0.2) is 18.7 Å². The van der Waals surface area contributed by atoms with Crippen molar-refractivity contribution >= 4 is 46.4 Å². The van der Waals surface area contributed by atoms with Crippen LogP contribution in [-0.4, -0.2) is 81.8 Å². The Bertz CT molecular complexity index is 1190. The van der Waals surface area contributed by atoms with Crippen LogP contribution in [0.1, 0.15) is 0 Å². The Morgan fingerprint density at radius 2 is 1.91 bits per heavy atom. The molecule has 1 aliphatic rings. The van der Waals surface area contributed by atoms with Gasteiger partial charge in [-0.15, -0.1) is 0 Å². The Morgan fingerprint density at radius 3 is 2.52 bits per heavy atom. The molecule has 0 bridgehead atoms. The van der Waals surface area contributed by atoms with Crippen LogP contribution in [0.15, 0.2) is 6.33 Å². The van der Waals surface area contributed by atoms with Gasteiger partial charge < -0.3 is 45.6 Å². The first-order valence-electron chi connectivity index (χ1n) is 8.56. The first-order valence-corrected chi connectivity index (χ1v) is 13.1. The molecule has 33 heavy (non-hydrogen) atoms. The van der Waals surface area contributed by atoms with Crippen LogP contribution in [0.2, 0.25) is 0 Å². The fourth-order valence-electron chi connectivity index (χ4n) is 2.90. The number of hydrogen-bond acceptors (Lipinski definition) is 14. The normalized spacial score (nSPS) is 27.4. The van der Waals surface area contributed by atoms with Crippen LogP contribution in [0.5, 0.6) is 0 Å². The minimum Gasteiger partial charge on any atom is -0.385 e. The summed E-state index contributed by atoms with van der Waals surface area (Å²) >= 11 is 0. The van der Waals surface area contributed by atoms with Gasteiger partial charge in [0.05, 0.1) is 19.5 Å². The highest BCUT2D eigenvalue weighted by Crippen LogP contribution is 2.66. The Kier molecular flexibility index (Phi) is 7.03. The molecule has 5 unspecified atom stereocenters. The summed E-state index contributed by atoms with van der Waals surface area (Å²) in [6.07, 6.45) is -2.19. The highest BCUT2D eigenvalue weighted by atomic mass is 31.3. The molecule has 0 aromatic carbocycles. The zero-order valence-electron chi connectivity index (χ0n) is 16.4. The van der Waals surface area contributed by atoms with Gasteiger partial charge in [-0.1, -0.05) is 0 Å². The minimum atomic E-state index is -5.72. The van der Waals surface area contributed by atoms with E-state index in [9.17, 15) is 28.8 Å². The number of ether oxygens (including phenoxy) is 1. The highest BCUT2D eigenvalue weighted by molar-refractivity contribution is 7.66. The number of fused-ring (bicyclic) bond motifs is 1. The number of nitrogen functional groups attached to an aromatic ring is 1. The molecule has 19 nitrogen and oxygen atoms in total. The van der Waals surface area contributed by atoms with E-state index in [0.29, 0.717) is 0 Å². The smallest absolute Gasteiger partial charge is 0.385 e. The summed E-state index contributed by atoms with van der Waals surface area (Å²) in [4.78, 5) is 47.7. The molecule has 1 aliphatic heterocycles. The Hall–Kier alpha value is -1.56. The zero-order valence-corrected chi connectivity index (χ0v) is 19.1. The van der Waals surface area contributed by atoms with E-state index < -0.39 is 54.6 Å². The number of imidazole rings is 1. The number of aliphatic hydroxyl groups is 2. The van der Waals surface area contributed by atoms with Crippen molar-refractivity contribution in [2.45, 2.75) is 17.9 Å². The first kappa shape index (κ1) is 26.1. The summed E-state index contributed by atoms with van der Waals surface area (Å²) in [6.45, 7) is -1.55. The maximum atomic E-state index is 11.8. The number of aliphatic hydroxyl groups excluding tert-OH is 1. The van der Waals surface area contributed by atoms with Crippen LogP contribution >= 0.6 is 23.5 Å². The summed E-state index contributed by atoms with van der Waals surface area (Å²) in [7, 11) is -15.2. The van der Waals surface area contributed by atoms with Crippen LogP contribution in [-0.2, 0) is 37.3 Å². The van der Waals surface area contributed by atoms with Gasteiger partial charge in [-0.3, -0.25) is 9.09 Å². The summed E-state index contributed by atoms with van der Waals surface area (Å²) < 4.78 is 51.7. The topological polar surface area (TPSA) is 291 Å². The number of rotatable bonds is 9. The molecule has 3 rings (SSSR count). The fourth-order valence-corrected chi connectivity index (χ4v) is 5.93. The van der Waals surface area contributed by atoms with Gasteiger partial charge in [0, 0.05) is 7.05 Å². The van der Waals surface area contributed by atoms with E-state index in [4.69, 9.17) is 25.2 Å². The number of aromatic nitrogens is 4. The van der Waals surface area contributed by atoms with Crippen molar-refractivity contribution in [3.8, 4) is 0 Å². The van der Waals surface area contributed by atoms with Crippen molar-refractivity contribution in [2.75, 3.05) is 31.3 Å². The molecular weight excluding hydrogens is 517 g/mol. The summed E-state index contributed by atoms with van der Waals surface area (Å²) in [6, 6.07) is 0. The van der Waals surface area contributed by atoms with Crippen LogP contribution in [0.4, 0.5) is 11.8 Å². The number of nitrogens with one attached hydrogen (secondary N) is 1. The van der Waals surface area contributed by atoms with Gasteiger partial charge >= 0.3 is 23.5 Å².